The van der Waals surface area contributed by atoms with Crippen molar-refractivity contribution in [2.45, 2.75) is 64.1 Å². The molecule has 2 heterocycles. The van der Waals surface area contributed by atoms with E-state index in [0.29, 0.717) is 46.0 Å². The van der Waals surface area contributed by atoms with Crippen LogP contribution >= 0.6 is 0 Å². The van der Waals surface area contributed by atoms with E-state index in [4.69, 9.17) is 16.2 Å². The molecule has 0 aliphatic heterocycles. The average Bonchev–Trinajstić information content (AvgIpc) is 4.00. The number of hydrogen-bond donors (Lipinski definition) is 3. The van der Waals surface area contributed by atoms with Gasteiger partial charge < -0.3 is 39.9 Å². The molecule has 2 fully saturated rings. The molecular formula is C45H42F6N4O8. The predicted molar refractivity (Wildman–Crippen MR) is 219 cm³/mol. The lowest BCUT2D eigenvalue weighted by molar-refractivity contribution is -0.275. The Morgan fingerprint density at radius 1 is 0.635 bits per heavy atom. The third kappa shape index (κ3) is 9.29. The fraction of sp³-hybridized carbons (Fsp3) is 0.289. The van der Waals surface area contributed by atoms with Crippen LogP contribution in [0.2, 0.25) is 0 Å². The number of aromatic nitrogens is 2. The van der Waals surface area contributed by atoms with Crippen molar-refractivity contribution in [1.29, 1.82) is 0 Å². The van der Waals surface area contributed by atoms with E-state index in [2.05, 4.69) is 9.47 Å². The molecule has 332 valence electrons. The number of carboxylic acid groups (broad SMARTS) is 1. The van der Waals surface area contributed by atoms with Crippen molar-refractivity contribution < 1.29 is 64.8 Å². The van der Waals surface area contributed by atoms with Gasteiger partial charge in [-0.05, 0) is 84.6 Å². The van der Waals surface area contributed by atoms with Crippen LogP contribution in [-0.2, 0) is 25.2 Å². The number of methoxy groups -OCH3 is 1. The van der Waals surface area contributed by atoms with Crippen molar-refractivity contribution in [2.24, 2.45) is 23.3 Å². The van der Waals surface area contributed by atoms with Gasteiger partial charge >= 0.3 is 24.7 Å². The molecular weight excluding hydrogens is 839 g/mol. The normalized spacial score (nSPS) is 20.1. The van der Waals surface area contributed by atoms with E-state index in [0.717, 1.165) is 17.2 Å². The molecule has 2 amide bonds. The molecule has 6 aromatic rings. The molecule has 2 saturated carbocycles. The molecule has 2 aromatic heterocycles. The standard InChI is InChI=1S/C22H19F3N2O4.C21H17F3N2O4.C2H6/c1-21(11-16(21)20(29)30-2)13-4-3-5-14(9-13)27-17-10-15(31-22(23,24)25)7-6-12(17)8-18(27)19(26)28;1-20(10-15(20)19(28)29)12-3-2-4-13(8-12)26-16-9-14(30-21(22,23)24)6-5-11(16)7-17(26)18(25)27;1-2/h3-10,16H,11H2,1-2H3,(H2,26,28);2-9,15H,10H2,1H3,(H2,25,27)(H,28,29);1-2H3. The summed E-state index contributed by atoms with van der Waals surface area (Å²) in [6, 6.07) is 24.6. The lowest BCUT2D eigenvalue weighted by atomic mass is 9.95. The van der Waals surface area contributed by atoms with E-state index in [1.807, 2.05) is 33.8 Å². The van der Waals surface area contributed by atoms with Gasteiger partial charge in [-0.3, -0.25) is 19.2 Å². The van der Waals surface area contributed by atoms with Crippen molar-refractivity contribution in [3.05, 3.63) is 120 Å². The molecule has 5 N–H and O–H groups in total. The maximum absolute atomic E-state index is 12.7. The minimum absolute atomic E-state index is 0.0852. The summed E-state index contributed by atoms with van der Waals surface area (Å²) >= 11 is 0. The second-order valence-electron chi connectivity index (χ2n) is 15.3. The number of halogens is 6. The van der Waals surface area contributed by atoms with E-state index < -0.39 is 58.8 Å². The molecule has 0 spiro atoms. The summed E-state index contributed by atoms with van der Waals surface area (Å²) in [4.78, 5) is 47.4. The largest absolute Gasteiger partial charge is 0.573 e. The van der Waals surface area contributed by atoms with Crippen LogP contribution in [0.5, 0.6) is 11.5 Å². The zero-order chi connectivity index (χ0) is 46.4. The van der Waals surface area contributed by atoms with Gasteiger partial charge in [0.05, 0.1) is 30.0 Å². The Bertz CT molecular complexity index is 2760. The maximum atomic E-state index is 12.7. The number of aliphatic carboxylic acids is 1. The van der Waals surface area contributed by atoms with E-state index in [1.54, 1.807) is 42.5 Å². The first-order valence-electron chi connectivity index (χ1n) is 19.5. The number of fused-ring (bicyclic) bond motifs is 2. The van der Waals surface area contributed by atoms with Gasteiger partial charge in [0.1, 0.15) is 22.9 Å². The summed E-state index contributed by atoms with van der Waals surface area (Å²) in [7, 11) is 1.34. The number of hydrogen-bond acceptors (Lipinski definition) is 7. The van der Waals surface area contributed by atoms with Gasteiger partial charge in [-0.25, -0.2) is 0 Å². The third-order valence-corrected chi connectivity index (χ3v) is 11.3. The lowest BCUT2D eigenvalue weighted by Crippen LogP contribution is -2.17. The molecule has 4 unspecified atom stereocenters. The topological polar surface area (TPSA) is 178 Å². The SMILES string of the molecule is CC.CC1(c2cccc(-n3c(C(N)=O)cc4ccc(OC(F)(F)F)cc43)c2)CC1C(=O)O.COC(=O)C1CC1(C)c1cccc(-n2c(C(N)=O)cc3ccc(OC(F)(F)F)cc32)c1. The first kappa shape index (κ1) is 45.5. The lowest BCUT2D eigenvalue weighted by Gasteiger charge is -2.16. The van der Waals surface area contributed by atoms with Gasteiger partial charge in [0, 0.05) is 45.1 Å². The molecule has 2 aliphatic rings. The number of nitrogens with zero attached hydrogens (tertiary/aromatic N) is 2. The number of rotatable bonds is 10. The molecule has 0 saturated heterocycles. The molecule has 63 heavy (non-hydrogen) atoms. The van der Waals surface area contributed by atoms with E-state index in [1.165, 1.54) is 58.7 Å². The highest BCUT2D eigenvalue weighted by Crippen LogP contribution is 2.55. The summed E-state index contributed by atoms with van der Waals surface area (Å²) in [5.74, 6) is -4.31. The summed E-state index contributed by atoms with van der Waals surface area (Å²) in [6.07, 6.45) is -8.61. The Hall–Kier alpha value is -6.98. The zero-order valence-corrected chi connectivity index (χ0v) is 34.4. The van der Waals surface area contributed by atoms with Crippen molar-refractivity contribution in [2.75, 3.05) is 7.11 Å². The first-order valence-corrected chi connectivity index (χ1v) is 19.5. The van der Waals surface area contributed by atoms with Gasteiger partial charge in [0.15, 0.2) is 0 Å². The van der Waals surface area contributed by atoms with Gasteiger partial charge in [-0.1, -0.05) is 52.0 Å². The van der Waals surface area contributed by atoms with E-state index in [9.17, 15) is 50.6 Å². The Morgan fingerprint density at radius 3 is 1.38 bits per heavy atom. The molecule has 2 aliphatic carbocycles. The molecule has 18 heteroatoms. The highest BCUT2D eigenvalue weighted by Gasteiger charge is 2.57. The minimum atomic E-state index is -4.86. The van der Waals surface area contributed by atoms with Crippen molar-refractivity contribution in [3.8, 4) is 22.9 Å². The fourth-order valence-electron chi connectivity index (χ4n) is 7.89. The number of carbonyl (C=O) groups excluding carboxylic acids is 3. The number of ether oxygens (including phenoxy) is 3. The number of benzene rings is 4. The molecule has 0 radical (unpaired) electrons. The van der Waals surface area contributed by atoms with Gasteiger partial charge in [0.2, 0.25) is 0 Å². The summed E-state index contributed by atoms with van der Waals surface area (Å²) < 4.78 is 91.8. The second kappa shape index (κ2) is 16.7. The highest BCUT2D eigenvalue weighted by atomic mass is 19.4. The van der Waals surface area contributed by atoms with Crippen LogP contribution in [0.4, 0.5) is 26.3 Å². The Morgan fingerprint density at radius 2 is 1.03 bits per heavy atom. The van der Waals surface area contributed by atoms with Crippen LogP contribution < -0.4 is 20.9 Å². The average molecular weight is 881 g/mol. The number of carboxylic acids is 1. The minimum Gasteiger partial charge on any atom is -0.481 e. The second-order valence-corrected chi connectivity index (χ2v) is 15.3. The molecule has 4 atom stereocenters. The van der Waals surface area contributed by atoms with Crippen LogP contribution in [0.15, 0.2) is 97.1 Å². The number of carbonyl (C=O) groups is 4. The van der Waals surface area contributed by atoms with Gasteiger partial charge in [-0.2, -0.15) is 0 Å². The van der Waals surface area contributed by atoms with Crippen LogP contribution in [0.25, 0.3) is 33.2 Å². The monoisotopic (exact) mass is 880 g/mol. The van der Waals surface area contributed by atoms with Gasteiger partial charge in [0.25, 0.3) is 11.8 Å². The molecule has 8 rings (SSSR count). The first-order chi connectivity index (χ1) is 29.5. The number of primary amides is 2. The zero-order valence-electron chi connectivity index (χ0n) is 34.4. The molecule has 4 aromatic carbocycles. The molecule has 12 nitrogen and oxygen atoms in total. The Kier molecular flexibility index (Phi) is 12.1. The van der Waals surface area contributed by atoms with Crippen molar-refractivity contribution in [1.82, 2.24) is 9.13 Å². The van der Waals surface area contributed by atoms with Crippen molar-refractivity contribution in [3.63, 3.8) is 0 Å². The molecule has 0 bridgehead atoms. The summed E-state index contributed by atoms with van der Waals surface area (Å²) in [6.45, 7) is 7.77. The van der Waals surface area contributed by atoms with Gasteiger partial charge in [-0.15, -0.1) is 26.3 Å². The fourth-order valence-corrected chi connectivity index (χ4v) is 7.89. The van der Waals surface area contributed by atoms with Crippen LogP contribution in [0.1, 0.15) is 72.6 Å². The number of nitrogens with two attached hydrogens (primary N) is 2. The third-order valence-electron chi connectivity index (χ3n) is 11.3. The quantitative estimate of drug-likeness (QED) is 0.0901. The van der Waals surface area contributed by atoms with Crippen LogP contribution in [0, 0.1) is 11.8 Å². The summed E-state index contributed by atoms with van der Waals surface area (Å²) in [5.41, 5.74) is 13.5. The maximum Gasteiger partial charge on any atom is 0.573 e. The van der Waals surface area contributed by atoms with Crippen molar-refractivity contribution >= 4 is 45.6 Å². The number of alkyl halides is 6. The number of amides is 2. The van der Waals surface area contributed by atoms with E-state index >= 15 is 0 Å². The Balaban J connectivity index is 0.000000202. The summed E-state index contributed by atoms with van der Waals surface area (Å²) in [5, 5.41) is 10.3. The van der Waals surface area contributed by atoms with Crippen LogP contribution in [0.3, 0.4) is 0 Å². The smallest absolute Gasteiger partial charge is 0.481 e. The van der Waals surface area contributed by atoms with E-state index in [-0.39, 0.29) is 23.3 Å². The Labute approximate surface area is 355 Å². The predicted octanol–water partition coefficient (Wildman–Crippen LogP) is 9.10. The highest BCUT2D eigenvalue weighted by molar-refractivity contribution is 6.00. The number of esters is 1. The van der Waals surface area contributed by atoms with Crippen LogP contribution in [-0.4, -0.2) is 57.8 Å².